The zero-order valence-corrected chi connectivity index (χ0v) is 16.6. The highest BCUT2D eigenvalue weighted by Crippen LogP contribution is 2.13. The molecule has 1 unspecified atom stereocenters. The van der Waals surface area contributed by atoms with E-state index in [2.05, 4.69) is 16.0 Å². The zero-order chi connectivity index (χ0) is 21.2. The number of hydrogen-bond donors (Lipinski definition) is 4. The van der Waals surface area contributed by atoms with Crippen LogP contribution in [0.15, 0.2) is 54.6 Å². The summed E-state index contributed by atoms with van der Waals surface area (Å²) < 4.78 is 0. The maximum Gasteiger partial charge on any atom is 0.319 e. The van der Waals surface area contributed by atoms with Crippen molar-refractivity contribution in [1.29, 1.82) is 0 Å². The minimum Gasteiger partial charge on any atom is -0.481 e. The van der Waals surface area contributed by atoms with Gasteiger partial charge in [-0.3, -0.25) is 9.59 Å². The number of amides is 3. The van der Waals surface area contributed by atoms with Gasteiger partial charge in [0.25, 0.3) is 5.91 Å². The van der Waals surface area contributed by atoms with Crippen molar-refractivity contribution in [3.8, 4) is 0 Å². The first-order valence-electron chi connectivity index (χ1n) is 9.57. The van der Waals surface area contributed by atoms with Crippen molar-refractivity contribution >= 4 is 23.6 Å². The molecule has 154 valence electrons. The Morgan fingerprint density at radius 2 is 1.69 bits per heavy atom. The van der Waals surface area contributed by atoms with E-state index >= 15 is 0 Å². The zero-order valence-electron chi connectivity index (χ0n) is 16.6. The molecule has 1 atom stereocenters. The summed E-state index contributed by atoms with van der Waals surface area (Å²) in [7, 11) is 0. The van der Waals surface area contributed by atoms with Crippen LogP contribution >= 0.6 is 0 Å². The van der Waals surface area contributed by atoms with E-state index in [1.807, 2.05) is 44.2 Å². The standard InChI is InChI=1S/C22H27N3O4/c1-15(2)23-22(29)25-18-10-6-9-17(14-18)21(28)24-19(11-12-20(26)27)13-16-7-4-3-5-8-16/h3-10,14-15,19H,11-13H2,1-2H3,(H,24,28)(H,26,27)(H2,23,25,29). The topological polar surface area (TPSA) is 108 Å². The van der Waals surface area contributed by atoms with E-state index in [0.717, 1.165) is 5.56 Å². The van der Waals surface area contributed by atoms with E-state index in [1.165, 1.54) is 0 Å². The number of nitrogens with one attached hydrogen (secondary N) is 3. The molecule has 2 aromatic rings. The Labute approximate surface area is 170 Å². The number of rotatable bonds is 9. The SMILES string of the molecule is CC(C)NC(=O)Nc1cccc(C(=O)NC(CCC(=O)O)Cc2ccccc2)c1. The highest BCUT2D eigenvalue weighted by Gasteiger charge is 2.16. The smallest absolute Gasteiger partial charge is 0.319 e. The normalized spacial score (nSPS) is 11.6. The molecule has 0 fully saturated rings. The highest BCUT2D eigenvalue weighted by atomic mass is 16.4. The molecule has 0 aliphatic heterocycles. The number of carbonyl (C=O) groups excluding carboxylic acids is 2. The van der Waals surface area contributed by atoms with E-state index in [0.29, 0.717) is 24.1 Å². The first-order valence-corrected chi connectivity index (χ1v) is 9.57. The molecule has 0 bridgehead atoms. The van der Waals surface area contributed by atoms with Gasteiger partial charge in [-0.25, -0.2) is 4.79 Å². The molecule has 0 aliphatic carbocycles. The monoisotopic (exact) mass is 397 g/mol. The van der Waals surface area contributed by atoms with Gasteiger partial charge in [0.1, 0.15) is 0 Å². The summed E-state index contributed by atoms with van der Waals surface area (Å²) in [5.41, 5.74) is 1.91. The first-order chi connectivity index (χ1) is 13.8. The van der Waals surface area contributed by atoms with Gasteiger partial charge in [0.15, 0.2) is 0 Å². The molecule has 7 heteroatoms. The summed E-state index contributed by atoms with van der Waals surface area (Å²) in [6.07, 6.45) is 0.827. The second-order valence-electron chi connectivity index (χ2n) is 7.13. The lowest BCUT2D eigenvalue weighted by molar-refractivity contribution is -0.137. The van der Waals surface area contributed by atoms with Gasteiger partial charge in [-0.15, -0.1) is 0 Å². The van der Waals surface area contributed by atoms with Crippen molar-refractivity contribution in [1.82, 2.24) is 10.6 Å². The fourth-order valence-electron chi connectivity index (χ4n) is 2.86. The van der Waals surface area contributed by atoms with Gasteiger partial charge in [-0.05, 0) is 50.5 Å². The summed E-state index contributed by atoms with van der Waals surface area (Å²) in [4.78, 5) is 35.6. The van der Waals surface area contributed by atoms with Crippen LogP contribution in [0.4, 0.5) is 10.5 Å². The van der Waals surface area contributed by atoms with Gasteiger partial charge < -0.3 is 21.1 Å². The lowest BCUT2D eigenvalue weighted by Gasteiger charge is -2.19. The third-order valence-corrected chi connectivity index (χ3v) is 4.17. The number of urea groups is 1. The lowest BCUT2D eigenvalue weighted by atomic mass is 10.0. The van der Waals surface area contributed by atoms with Crippen LogP contribution in [-0.2, 0) is 11.2 Å². The molecule has 0 saturated carbocycles. The number of aliphatic carboxylic acids is 1. The molecule has 2 rings (SSSR count). The van der Waals surface area contributed by atoms with Crippen LogP contribution < -0.4 is 16.0 Å². The number of carboxylic acids is 1. The molecule has 4 N–H and O–H groups in total. The minimum absolute atomic E-state index is 0.00513. The predicted molar refractivity (Wildman–Crippen MR) is 112 cm³/mol. The molecule has 29 heavy (non-hydrogen) atoms. The van der Waals surface area contributed by atoms with Crippen LogP contribution in [0, 0.1) is 0 Å². The van der Waals surface area contributed by atoms with E-state index in [1.54, 1.807) is 24.3 Å². The lowest BCUT2D eigenvalue weighted by Crippen LogP contribution is -2.37. The molecule has 0 heterocycles. The summed E-state index contributed by atoms with van der Waals surface area (Å²) in [6.45, 7) is 3.71. The maximum absolute atomic E-state index is 12.7. The molecule has 0 radical (unpaired) electrons. The Kier molecular flexibility index (Phi) is 8.21. The van der Waals surface area contributed by atoms with E-state index in [9.17, 15) is 14.4 Å². The van der Waals surface area contributed by atoms with Crippen molar-refractivity contribution < 1.29 is 19.5 Å². The Balaban J connectivity index is 2.06. The number of carboxylic acid groups (broad SMARTS) is 1. The van der Waals surface area contributed by atoms with Crippen molar-refractivity contribution in [3.05, 3.63) is 65.7 Å². The van der Waals surface area contributed by atoms with Crippen LogP contribution in [0.25, 0.3) is 0 Å². The van der Waals surface area contributed by atoms with Gasteiger partial charge >= 0.3 is 12.0 Å². The van der Waals surface area contributed by atoms with E-state index < -0.39 is 5.97 Å². The van der Waals surface area contributed by atoms with Crippen molar-refractivity contribution in [2.75, 3.05) is 5.32 Å². The number of carbonyl (C=O) groups is 3. The average molecular weight is 397 g/mol. The molecular formula is C22H27N3O4. The molecule has 2 aromatic carbocycles. The van der Waals surface area contributed by atoms with Crippen LogP contribution in [0.1, 0.15) is 42.6 Å². The number of anilines is 1. The van der Waals surface area contributed by atoms with Crippen LogP contribution in [-0.4, -0.2) is 35.1 Å². The van der Waals surface area contributed by atoms with Crippen LogP contribution in [0.2, 0.25) is 0 Å². The second kappa shape index (κ2) is 10.8. The Bertz CT molecular complexity index is 837. The number of benzene rings is 2. The summed E-state index contributed by atoms with van der Waals surface area (Å²) in [5.74, 6) is -1.22. The molecule has 0 aliphatic rings. The Morgan fingerprint density at radius 3 is 2.34 bits per heavy atom. The Morgan fingerprint density at radius 1 is 0.966 bits per heavy atom. The molecule has 3 amide bonds. The fraction of sp³-hybridized carbons (Fsp3) is 0.318. The molecule has 0 aromatic heterocycles. The largest absolute Gasteiger partial charge is 0.481 e. The third kappa shape index (κ3) is 8.04. The highest BCUT2D eigenvalue weighted by molar-refractivity contribution is 5.97. The molecule has 0 spiro atoms. The molecule has 7 nitrogen and oxygen atoms in total. The third-order valence-electron chi connectivity index (χ3n) is 4.17. The maximum atomic E-state index is 12.7. The van der Waals surface area contributed by atoms with Gasteiger partial charge in [-0.2, -0.15) is 0 Å². The second-order valence-corrected chi connectivity index (χ2v) is 7.13. The molecule has 0 saturated heterocycles. The van der Waals surface area contributed by atoms with Gasteiger partial charge in [-0.1, -0.05) is 36.4 Å². The molecular weight excluding hydrogens is 370 g/mol. The van der Waals surface area contributed by atoms with Gasteiger partial charge in [0.2, 0.25) is 0 Å². The average Bonchev–Trinajstić information content (AvgIpc) is 2.66. The first kappa shape index (κ1) is 21.9. The summed E-state index contributed by atoms with van der Waals surface area (Å²) in [5, 5.41) is 17.3. The van der Waals surface area contributed by atoms with Crippen LogP contribution in [0.3, 0.4) is 0 Å². The van der Waals surface area contributed by atoms with Crippen molar-refractivity contribution in [2.24, 2.45) is 0 Å². The summed E-state index contributed by atoms with van der Waals surface area (Å²) in [6, 6.07) is 15.6. The minimum atomic E-state index is -0.903. The van der Waals surface area contributed by atoms with Crippen molar-refractivity contribution in [2.45, 2.75) is 45.2 Å². The van der Waals surface area contributed by atoms with Crippen molar-refractivity contribution in [3.63, 3.8) is 0 Å². The number of hydrogen-bond acceptors (Lipinski definition) is 3. The quantitative estimate of drug-likeness (QED) is 0.520. The predicted octanol–water partition coefficient (Wildman–Crippen LogP) is 3.42. The van der Waals surface area contributed by atoms with Gasteiger partial charge in [0.05, 0.1) is 0 Å². The van der Waals surface area contributed by atoms with Crippen LogP contribution in [0.5, 0.6) is 0 Å². The fourth-order valence-corrected chi connectivity index (χ4v) is 2.86. The summed E-state index contributed by atoms with van der Waals surface area (Å²) >= 11 is 0. The Hall–Kier alpha value is -3.35. The van der Waals surface area contributed by atoms with E-state index in [-0.39, 0.29) is 30.4 Å². The van der Waals surface area contributed by atoms with Gasteiger partial charge in [0, 0.05) is 29.8 Å². The van der Waals surface area contributed by atoms with E-state index in [4.69, 9.17) is 5.11 Å².